The van der Waals surface area contributed by atoms with Crippen molar-refractivity contribution in [3.8, 4) is 0 Å². The first kappa shape index (κ1) is 61.3. The fraction of sp³-hybridized carbons (Fsp3) is 0.829. The summed E-state index contributed by atoms with van der Waals surface area (Å²) in [5.41, 5.74) is 0. The summed E-state index contributed by atoms with van der Waals surface area (Å²) in [7, 11) is 0. The minimum atomic E-state index is -1.34. The molecule has 5 N–H and O–H groups in total. The summed E-state index contributed by atoms with van der Waals surface area (Å²) < 4.78 is 0. The number of carbonyl (C=O) groups excluding carboxylic acids is 7. The smallest absolute Gasteiger partial charge is 0.870 e. The van der Waals surface area contributed by atoms with Gasteiger partial charge in [0.1, 0.15) is 12.1 Å². The van der Waals surface area contributed by atoms with Crippen molar-refractivity contribution in [3.63, 3.8) is 0 Å². The Morgan fingerprint density at radius 3 is 1.36 bits per heavy atom. The van der Waals surface area contributed by atoms with Gasteiger partial charge in [0.25, 0.3) is 0 Å². The monoisotopic (exact) mass is 812 g/mol. The quantitative estimate of drug-likeness (QED) is 0.0358. The van der Waals surface area contributed by atoms with Crippen LogP contribution in [0.4, 0.5) is 0 Å². The zero-order valence-corrected chi connectivity index (χ0v) is 39.7. The molecule has 3 atom stereocenters. The van der Waals surface area contributed by atoms with Crippen LogP contribution in [0.5, 0.6) is 0 Å². The number of ketones is 1. The molecule has 15 heteroatoms. The number of hydrogen-bond donors (Lipinski definition) is 4. The van der Waals surface area contributed by atoms with Gasteiger partial charge in [0.15, 0.2) is 5.78 Å². The molecular weight excluding hydrogens is 738 g/mol. The first-order chi connectivity index (χ1) is 25.5. The van der Waals surface area contributed by atoms with Gasteiger partial charge in [0.2, 0.25) is 23.6 Å². The van der Waals surface area contributed by atoms with E-state index in [4.69, 9.17) is 0 Å². The fourth-order valence-corrected chi connectivity index (χ4v) is 6.19. The predicted molar refractivity (Wildman–Crippen MR) is 208 cm³/mol. The topological polar surface area (TPSA) is 221 Å². The number of unbranched alkanes of at least 4 members (excludes halogenated alkanes) is 17. The summed E-state index contributed by atoms with van der Waals surface area (Å²) in [6, 6.07) is -2.81. The minimum Gasteiger partial charge on any atom is -0.870 e. The van der Waals surface area contributed by atoms with Gasteiger partial charge in [-0.2, -0.15) is 6.42 Å². The molecule has 0 spiro atoms. The van der Waals surface area contributed by atoms with Crippen LogP contribution >= 0.6 is 0 Å². The van der Waals surface area contributed by atoms with E-state index in [9.17, 15) is 38.7 Å². The van der Waals surface area contributed by atoms with Crippen molar-refractivity contribution in [1.82, 2.24) is 21.3 Å². The fourth-order valence-electron chi connectivity index (χ4n) is 6.19. The molecular formula is C41H73N4Na2O9-. The zero-order valence-electron chi connectivity index (χ0n) is 35.7. The molecule has 3 unspecified atom stereocenters. The normalized spacial score (nSPS) is 12.0. The largest absolute Gasteiger partial charge is 1.00 e. The third kappa shape index (κ3) is 37.0. The summed E-state index contributed by atoms with van der Waals surface area (Å²) in [4.78, 5) is 85.4. The summed E-state index contributed by atoms with van der Waals surface area (Å²) in [5.74, 6) is -3.23. The van der Waals surface area contributed by atoms with E-state index >= 15 is 0 Å². The number of nitrogens with one attached hydrogen (secondary N) is 4. The Kier molecular flexibility index (Phi) is 47.3. The number of aliphatic carboxylic acids is 1. The van der Waals surface area contributed by atoms with E-state index < -0.39 is 42.3 Å². The Bertz CT molecular complexity index is 1050. The summed E-state index contributed by atoms with van der Waals surface area (Å²) in [6.07, 6.45) is 23.2. The van der Waals surface area contributed by atoms with Crippen LogP contribution in [0.15, 0.2) is 0 Å². The van der Waals surface area contributed by atoms with E-state index in [0.717, 1.165) is 44.9 Å². The maximum atomic E-state index is 13.1. The average molecular weight is 812 g/mol. The Morgan fingerprint density at radius 2 is 0.946 bits per heavy atom. The first-order valence-corrected chi connectivity index (χ1v) is 20.8. The molecule has 314 valence electrons. The van der Waals surface area contributed by atoms with Crippen molar-refractivity contribution in [3.05, 3.63) is 0 Å². The molecule has 0 saturated carbocycles. The molecule has 0 rings (SSSR count). The Hall–Kier alpha value is -1.35. The van der Waals surface area contributed by atoms with Gasteiger partial charge in [-0.1, -0.05) is 117 Å². The molecule has 0 radical (unpaired) electrons. The summed E-state index contributed by atoms with van der Waals surface area (Å²) in [5, 5.41) is 22.0. The minimum absolute atomic E-state index is 0. The van der Waals surface area contributed by atoms with Gasteiger partial charge in [-0.3, -0.25) is 30.3 Å². The molecule has 0 aromatic rings. The number of carboxylic acids is 1. The number of rotatable bonds is 37. The SMILES string of the molecule is CCCCCCCCCCCC(=O)NC(CC[C-]=O)C(=O)NCCCCC(NC(=O)C(CCC(=O)[O-])NC(=O)CCCCCCCCCCC)C(C)=O.[Na+].[Na+].[OH-]. The Labute approximate surface area is 382 Å². The maximum absolute atomic E-state index is 13.1. The first-order valence-electron chi connectivity index (χ1n) is 20.8. The number of Topliss-reactive ketones (excluding diaryl/α,β-unsaturated/α-hetero) is 1. The van der Waals surface area contributed by atoms with Crippen LogP contribution in [0.3, 0.4) is 0 Å². The molecule has 0 aromatic heterocycles. The van der Waals surface area contributed by atoms with Gasteiger partial charge in [-0.25, -0.2) is 0 Å². The maximum Gasteiger partial charge on any atom is 1.00 e. The Balaban J connectivity index is -0.00000451. The second-order valence-electron chi connectivity index (χ2n) is 14.4. The molecule has 0 aromatic carbocycles. The predicted octanol–water partition coefficient (Wildman–Crippen LogP) is -0.591. The van der Waals surface area contributed by atoms with Crippen molar-refractivity contribution >= 4 is 41.7 Å². The third-order valence-corrected chi connectivity index (χ3v) is 9.52. The number of carbonyl (C=O) groups is 6. The number of amides is 4. The van der Waals surface area contributed by atoms with E-state index in [2.05, 4.69) is 35.1 Å². The number of hydrogen-bond acceptors (Lipinski definition) is 9. The van der Waals surface area contributed by atoms with Crippen LogP contribution in [0.2, 0.25) is 0 Å². The average Bonchev–Trinajstić information content (AvgIpc) is 3.12. The van der Waals surface area contributed by atoms with Gasteiger partial charge >= 0.3 is 59.1 Å². The van der Waals surface area contributed by atoms with Gasteiger partial charge < -0.3 is 41.4 Å². The van der Waals surface area contributed by atoms with Crippen LogP contribution in [0, 0.1) is 0 Å². The van der Waals surface area contributed by atoms with E-state index in [1.54, 1.807) is 6.29 Å². The summed E-state index contributed by atoms with van der Waals surface area (Å²) in [6.45, 7) is 5.99. The van der Waals surface area contributed by atoms with Gasteiger partial charge in [-0.05, 0) is 58.3 Å². The van der Waals surface area contributed by atoms with Crippen molar-refractivity contribution < 1.29 is 103 Å². The second-order valence-corrected chi connectivity index (χ2v) is 14.4. The van der Waals surface area contributed by atoms with E-state index in [1.165, 1.54) is 71.1 Å². The molecule has 0 bridgehead atoms. The van der Waals surface area contributed by atoms with Crippen LogP contribution in [0.1, 0.15) is 194 Å². The van der Waals surface area contributed by atoms with Gasteiger partial charge in [-0.15, -0.1) is 0 Å². The van der Waals surface area contributed by atoms with Crippen LogP contribution in [-0.2, 0) is 33.6 Å². The molecule has 0 aliphatic rings. The van der Waals surface area contributed by atoms with E-state index in [0.29, 0.717) is 25.7 Å². The molecule has 13 nitrogen and oxygen atoms in total. The standard InChI is InChI=1S/C41H73N4O8.2Na.H2O/c1-4-6-8-10-12-14-16-18-20-27-37(48)43-35(26-24-32-46)40(52)42-31-23-22-25-34(33(3)47)45-41(53)36(29-30-39(50)51)44-38(49)28-21-19-17-15-13-11-9-7-5-2;;;/h34-36H,4-31H2,1-3H3,(H,42,52)(H,43,48)(H,44,49)(H,45,53)(H,50,51);;;1H2/q-1;2*+1;/p-2. The number of carboxylic acid groups (broad SMARTS) is 1. The van der Waals surface area contributed by atoms with Crippen molar-refractivity contribution in [2.75, 3.05) is 6.54 Å². The molecule has 4 amide bonds. The molecule has 0 heterocycles. The zero-order chi connectivity index (χ0) is 39.5. The summed E-state index contributed by atoms with van der Waals surface area (Å²) >= 11 is 0. The molecule has 0 aliphatic heterocycles. The third-order valence-electron chi connectivity index (χ3n) is 9.52. The van der Waals surface area contributed by atoms with Gasteiger partial charge in [0, 0.05) is 25.4 Å². The molecule has 56 heavy (non-hydrogen) atoms. The van der Waals surface area contributed by atoms with Crippen molar-refractivity contribution in [1.29, 1.82) is 0 Å². The van der Waals surface area contributed by atoms with Crippen molar-refractivity contribution in [2.45, 2.75) is 212 Å². The van der Waals surface area contributed by atoms with E-state index in [-0.39, 0.29) is 121 Å². The molecule has 0 saturated heterocycles. The van der Waals surface area contributed by atoms with Gasteiger partial charge in [0.05, 0.1) is 6.04 Å². The van der Waals surface area contributed by atoms with Crippen LogP contribution in [0.25, 0.3) is 0 Å². The Morgan fingerprint density at radius 1 is 0.518 bits per heavy atom. The van der Waals surface area contributed by atoms with Crippen LogP contribution in [-0.4, -0.2) is 71.8 Å². The second kappa shape index (κ2) is 43.2. The van der Waals surface area contributed by atoms with Crippen LogP contribution < -0.4 is 85.5 Å². The molecule has 0 aliphatic carbocycles. The van der Waals surface area contributed by atoms with E-state index in [1.807, 2.05) is 0 Å². The molecule has 0 fully saturated rings. The van der Waals surface area contributed by atoms with Crippen molar-refractivity contribution in [2.24, 2.45) is 0 Å².